The number of carbonyl (C=O) groups is 1. The molecule has 182 valence electrons. The fourth-order valence-corrected chi connectivity index (χ4v) is 5.23. The first kappa shape index (κ1) is 24.4. The van der Waals surface area contributed by atoms with Crippen molar-refractivity contribution in [2.45, 2.75) is 43.7 Å². The predicted molar refractivity (Wildman–Crippen MR) is 127 cm³/mol. The van der Waals surface area contributed by atoms with Gasteiger partial charge < -0.3 is 20.1 Å². The van der Waals surface area contributed by atoms with Gasteiger partial charge in [0.05, 0.1) is 13.2 Å². The van der Waals surface area contributed by atoms with Gasteiger partial charge in [-0.25, -0.2) is 8.78 Å². The average Bonchev–Trinajstić information content (AvgIpc) is 3.24. The lowest BCUT2D eigenvalue weighted by Crippen LogP contribution is -2.44. The number of hydrogen-bond donors (Lipinski definition) is 2. The smallest absolute Gasteiger partial charge is 0.244 e. The maximum absolute atomic E-state index is 13.3. The number of halogens is 2. The summed E-state index contributed by atoms with van der Waals surface area (Å²) >= 11 is 0. The Bertz CT molecular complexity index is 991. The van der Waals surface area contributed by atoms with Crippen molar-refractivity contribution in [1.82, 2.24) is 10.2 Å². The molecule has 2 fully saturated rings. The van der Waals surface area contributed by atoms with Crippen molar-refractivity contribution >= 4 is 12.0 Å². The number of piperidine rings is 1. The van der Waals surface area contributed by atoms with Gasteiger partial charge in [-0.15, -0.1) is 0 Å². The fourth-order valence-electron chi connectivity index (χ4n) is 5.23. The van der Waals surface area contributed by atoms with Crippen molar-refractivity contribution < 1.29 is 23.4 Å². The van der Waals surface area contributed by atoms with Crippen LogP contribution in [0.5, 0.6) is 5.75 Å². The Morgan fingerprint density at radius 3 is 2.56 bits per heavy atom. The minimum absolute atomic E-state index is 0.0909. The summed E-state index contributed by atoms with van der Waals surface area (Å²) in [5.74, 6) is -0.177. The first-order valence-corrected chi connectivity index (χ1v) is 11.9. The highest BCUT2D eigenvalue weighted by Gasteiger charge is 2.32. The Labute approximate surface area is 199 Å². The van der Waals surface area contributed by atoms with Crippen molar-refractivity contribution in [1.29, 1.82) is 0 Å². The number of methoxy groups -OCH3 is 1. The summed E-state index contributed by atoms with van der Waals surface area (Å²) in [6.45, 7) is 2.50. The first-order valence-electron chi connectivity index (χ1n) is 11.9. The zero-order valence-electron chi connectivity index (χ0n) is 19.4. The third-order valence-electron chi connectivity index (χ3n) is 6.93. The maximum atomic E-state index is 13.3. The lowest BCUT2D eigenvalue weighted by molar-refractivity contribution is -0.117. The number of aliphatic hydroxyl groups excluding tert-OH is 1. The molecule has 34 heavy (non-hydrogen) atoms. The lowest BCUT2D eigenvalue weighted by Gasteiger charge is -2.37. The van der Waals surface area contributed by atoms with E-state index in [0.717, 1.165) is 56.2 Å². The number of aliphatic hydroxyl groups is 1. The molecule has 0 spiro atoms. The van der Waals surface area contributed by atoms with Crippen LogP contribution in [0.3, 0.4) is 0 Å². The number of hydrogen-bond acceptors (Lipinski definition) is 4. The summed E-state index contributed by atoms with van der Waals surface area (Å²) in [6, 6.07) is 11.2. The van der Waals surface area contributed by atoms with Gasteiger partial charge in [-0.3, -0.25) is 4.79 Å². The van der Waals surface area contributed by atoms with Gasteiger partial charge in [0.15, 0.2) is 0 Å². The SMILES string of the molecule is COc1ccc([C@@H]2CCN(C[C@@H]3CC[C@H](NC(=O)/C=C/c4cc(F)cc(F)c4)C3)C[C@@H]2O)cc1. The molecule has 1 saturated heterocycles. The van der Waals surface area contributed by atoms with Crippen LogP contribution >= 0.6 is 0 Å². The fraction of sp³-hybridized carbons (Fsp3) is 0.444. The van der Waals surface area contributed by atoms with Gasteiger partial charge in [0.2, 0.25) is 5.91 Å². The molecule has 4 rings (SSSR count). The van der Waals surface area contributed by atoms with E-state index in [1.54, 1.807) is 7.11 Å². The highest BCUT2D eigenvalue weighted by atomic mass is 19.1. The molecule has 0 unspecified atom stereocenters. The number of benzene rings is 2. The van der Waals surface area contributed by atoms with Gasteiger partial charge in [0.25, 0.3) is 0 Å². The van der Waals surface area contributed by atoms with Gasteiger partial charge >= 0.3 is 0 Å². The topological polar surface area (TPSA) is 61.8 Å². The van der Waals surface area contributed by atoms with Crippen molar-refractivity contribution in [3.63, 3.8) is 0 Å². The quantitative estimate of drug-likeness (QED) is 0.598. The van der Waals surface area contributed by atoms with Crippen LogP contribution in [0.15, 0.2) is 48.5 Å². The molecule has 2 aromatic carbocycles. The molecular formula is C27H32F2N2O3. The first-order chi connectivity index (χ1) is 16.4. The van der Waals surface area contributed by atoms with E-state index in [0.29, 0.717) is 18.0 Å². The molecule has 2 aromatic rings. The summed E-state index contributed by atoms with van der Waals surface area (Å²) < 4.78 is 31.8. The van der Waals surface area contributed by atoms with Crippen molar-refractivity contribution in [2.24, 2.45) is 5.92 Å². The number of rotatable bonds is 7. The molecule has 1 heterocycles. The van der Waals surface area contributed by atoms with Crippen molar-refractivity contribution in [3.05, 3.63) is 71.3 Å². The Morgan fingerprint density at radius 2 is 1.88 bits per heavy atom. The van der Waals surface area contributed by atoms with E-state index >= 15 is 0 Å². The Hall–Kier alpha value is -2.77. The highest BCUT2D eigenvalue weighted by molar-refractivity contribution is 5.91. The maximum Gasteiger partial charge on any atom is 0.244 e. The van der Waals surface area contributed by atoms with Gasteiger partial charge in [0.1, 0.15) is 17.4 Å². The van der Waals surface area contributed by atoms with Crippen LogP contribution in [-0.4, -0.2) is 54.8 Å². The number of β-amino-alcohol motifs (C(OH)–C–C–N with tert-alkyl or cyclic N) is 1. The molecule has 0 radical (unpaired) electrons. The number of ether oxygens (including phenoxy) is 1. The molecule has 4 atom stereocenters. The molecule has 5 nitrogen and oxygen atoms in total. The van der Waals surface area contributed by atoms with Gasteiger partial charge in [-0.05, 0) is 79.6 Å². The van der Waals surface area contributed by atoms with Crippen LogP contribution in [0.1, 0.15) is 42.7 Å². The van der Waals surface area contributed by atoms with E-state index in [1.807, 2.05) is 24.3 Å². The van der Waals surface area contributed by atoms with E-state index in [1.165, 1.54) is 24.3 Å². The van der Waals surface area contributed by atoms with Gasteiger partial charge in [0, 0.05) is 37.2 Å². The van der Waals surface area contributed by atoms with Crippen LogP contribution in [0.2, 0.25) is 0 Å². The minimum atomic E-state index is -0.670. The summed E-state index contributed by atoms with van der Waals surface area (Å²) in [5.41, 5.74) is 1.46. The number of amides is 1. The molecule has 0 aromatic heterocycles. The zero-order chi connectivity index (χ0) is 24.1. The monoisotopic (exact) mass is 470 g/mol. The lowest BCUT2D eigenvalue weighted by atomic mass is 9.86. The molecule has 7 heteroatoms. The average molecular weight is 471 g/mol. The number of nitrogens with one attached hydrogen (secondary N) is 1. The molecular weight excluding hydrogens is 438 g/mol. The molecule has 1 aliphatic carbocycles. The van der Waals surface area contributed by atoms with Gasteiger partial charge in [-0.2, -0.15) is 0 Å². The number of nitrogens with zero attached hydrogens (tertiary/aromatic N) is 1. The van der Waals surface area contributed by atoms with Crippen LogP contribution < -0.4 is 10.1 Å². The third-order valence-corrected chi connectivity index (χ3v) is 6.93. The zero-order valence-corrected chi connectivity index (χ0v) is 19.4. The second kappa shape index (κ2) is 11.1. The van der Waals surface area contributed by atoms with E-state index in [9.17, 15) is 18.7 Å². The van der Waals surface area contributed by atoms with Crippen molar-refractivity contribution in [2.75, 3.05) is 26.7 Å². The third kappa shape index (κ3) is 6.42. The Morgan fingerprint density at radius 1 is 1.15 bits per heavy atom. The van der Waals surface area contributed by atoms with Crippen LogP contribution in [0, 0.1) is 17.6 Å². The van der Waals surface area contributed by atoms with Gasteiger partial charge in [-0.1, -0.05) is 12.1 Å². The van der Waals surface area contributed by atoms with Crippen LogP contribution in [0.25, 0.3) is 6.08 Å². The molecule has 1 aliphatic heterocycles. The number of carbonyl (C=O) groups excluding carboxylic acids is 1. The molecule has 2 aliphatic rings. The predicted octanol–water partition coefficient (Wildman–Crippen LogP) is 4.12. The minimum Gasteiger partial charge on any atom is -0.497 e. The molecule has 1 saturated carbocycles. The standard InChI is InChI=1S/C27H32F2N2O3/c1-34-24-7-4-20(5-8-24)25-10-11-31(17-26(25)32)16-19-2-6-23(14-19)30-27(33)9-3-18-12-21(28)15-22(29)13-18/h3-5,7-9,12-13,15,19,23,25-26,32H,2,6,10-11,14,16-17H2,1H3,(H,30,33)/b9-3+/t19-,23+,25+,26+/m1/s1. The summed E-state index contributed by atoms with van der Waals surface area (Å²) in [4.78, 5) is 14.6. The summed E-state index contributed by atoms with van der Waals surface area (Å²) in [7, 11) is 1.65. The van der Waals surface area contributed by atoms with E-state index in [2.05, 4.69) is 10.2 Å². The van der Waals surface area contributed by atoms with E-state index in [4.69, 9.17) is 4.74 Å². The van der Waals surface area contributed by atoms with Crippen LogP contribution in [-0.2, 0) is 4.79 Å². The second-order valence-electron chi connectivity index (χ2n) is 9.42. The Kier molecular flexibility index (Phi) is 7.95. The highest BCUT2D eigenvalue weighted by Crippen LogP contribution is 2.32. The Balaban J connectivity index is 1.22. The molecule has 1 amide bonds. The molecule has 2 N–H and O–H groups in total. The van der Waals surface area contributed by atoms with Crippen molar-refractivity contribution in [3.8, 4) is 5.75 Å². The number of likely N-dealkylation sites (tertiary alicyclic amines) is 1. The normalized spacial score (nSPS) is 25.5. The second-order valence-corrected chi connectivity index (χ2v) is 9.42. The summed E-state index contributed by atoms with van der Waals surface area (Å²) in [5, 5.41) is 13.8. The van der Waals surface area contributed by atoms with Crippen LogP contribution in [0.4, 0.5) is 8.78 Å². The largest absolute Gasteiger partial charge is 0.497 e. The molecule has 0 bridgehead atoms. The van der Waals surface area contributed by atoms with E-state index < -0.39 is 17.7 Å². The van der Waals surface area contributed by atoms with E-state index in [-0.39, 0.29) is 17.9 Å². The summed E-state index contributed by atoms with van der Waals surface area (Å²) in [6.07, 6.45) is 6.07.